The number of rotatable bonds is 10. The molecule has 0 spiro atoms. The van der Waals surface area contributed by atoms with Gasteiger partial charge in [0.25, 0.3) is 0 Å². The number of carboxylic acid groups (broad SMARTS) is 1. The van der Waals surface area contributed by atoms with Crippen LogP contribution in [0.1, 0.15) is 52.5 Å². The van der Waals surface area contributed by atoms with Gasteiger partial charge in [-0.05, 0) is 56.7 Å². The number of aryl methyl sites for hydroxylation is 1. The minimum atomic E-state index is -1.08. The smallest absolute Gasteiger partial charge is 0.341 e. The average molecular weight is 445 g/mol. The molecule has 7 nitrogen and oxygen atoms in total. The van der Waals surface area contributed by atoms with Crippen molar-refractivity contribution in [3.05, 3.63) is 51.9 Å². The molecular weight excluding hydrogens is 416 g/mol. The molecule has 1 atom stereocenters. The van der Waals surface area contributed by atoms with E-state index in [1.54, 1.807) is 6.92 Å². The van der Waals surface area contributed by atoms with Gasteiger partial charge in [0.15, 0.2) is 0 Å². The molecule has 1 amide bonds. The second-order valence-corrected chi connectivity index (χ2v) is 8.57. The van der Waals surface area contributed by atoms with Crippen LogP contribution >= 0.6 is 11.3 Å². The van der Waals surface area contributed by atoms with Crippen LogP contribution in [0.3, 0.4) is 0 Å². The molecule has 31 heavy (non-hydrogen) atoms. The van der Waals surface area contributed by atoms with Crippen molar-refractivity contribution in [2.75, 3.05) is 18.5 Å². The normalized spacial score (nSPS) is 13.8. The third-order valence-electron chi connectivity index (χ3n) is 5.24. The van der Waals surface area contributed by atoms with E-state index in [2.05, 4.69) is 10.6 Å². The fraction of sp³-hybridized carbons (Fsp3) is 0.435. The van der Waals surface area contributed by atoms with Crippen molar-refractivity contribution in [2.24, 2.45) is 0 Å². The van der Waals surface area contributed by atoms with E-state index in [0.717, 1.165) is 41.7 Å². The predicted molar refractivity (Wildman–Crippen MR) is 120 cm³/mol. The molecule has 0 saturated carbocycles. The zero-order chi connectivity index (χ0) is 22.2. The van der Waals surface area contributed by atoms with Gasteiger partial charge >= 0.3 is 11.9 Å². The topological polar surface area (TPSA) is 105 Å². The number of carbonyl (C=O) groups is 3. The first-order valence-corrected chi connectivity index (χ1v) is 11.4. The first-order chi connectivity index (χ1) is 15.0. The van der Waals surface area contributed by atoms with Gasteiger partial charge in [-0.3, -0.25) is 9.59 Å². The third-order valence-corrected chi connectivity index (χ3v) is 6.45. The monoisotopic (exact) mass is 444 g/mol. The summed E-state index contributed by atoms with van der Waals surface area (Å²) in [6, 6.07) is 8.72. The maximum absolute atomic E-state index is 12.6. The Hall–Kier alpha value is -2.71. The van der Waals surface area contributed by atoms with Crippen molar-refractivity contribution in [3.63, 3.8) is 0 Å². The number of aliphatic carboxylic acids is 1. The number of carbonyl (C=O) groups excluding carboxylic acids is 2. The van der Waals surface area contributed by atoms with Crippen LogP contribution in [0.15, 0.2) is 30.3 Å². The van der Waals surface area contributed by atoms with E-state index >= 15 is 0 Å². The maximum Gasteiger partial charge on any atom is 0.341 e. The number of benzene rings is 1. The highest BCUT2D eigenvalue weighted by Gasteiger charge is 2.28. The molecule has 3 N–H and O–H groups in total. The summed E-state index contributed by atoms with van der Waals surface area (Å²) in [5, 5.41) is 15.7. The van der Waals surface area contributed by atoms with Crippen LogP contribution in [0.5, 0.6) is 0 Å². The SMILES string of the molecule is CCOC(=O)c1c(NC(=O)C[C@H](NCCc2ccccc2)C(=O)O)sc2c1CCCC2. The van der Waals surface area contributed by atoms with E-state index in [4.69, 9.17) is 4.74 Å². The second-order valence-electron chi connectivity index (χ2n) is 7.47. The Morgan fingerprint density at radius 3 is 2.61 bits per heavy atom. The van der Waals surface area contributed by atoms with Crippen LogP contribution in [0.25, 0.3) is 0 Å². The van der Waals surface area contributed by atoms with Gasteiger partial charge in [-0.15, -0.1) is 11.3 Å². The number of ether oxygens (including phenoxy) is 1. The molecule has 1 aromatic heterocycles. The Bertz CT molecular complexity index is 926. The lowest BCUT2D eigenvalue weighted by molar-refractivity contribution is -0.141. The van der Waals surface area contributed by atoms with Crippen LogP contribution < -0.4 is 10.6 Å². The van der Waals surface area contributed by atoms with Gasteiger partial charge in [0.1, 0.15) is 11.0 Å². The number of fused-ring (bicyclic) bond motifs is 1. The summed E-state index contributed by atoms with van der Waals surface area (Å²) in [6.45, 7) is 2.44. The number of carboxylic acids is 1. The van der Waals surface area contributed by atoms with E-state index in [1.807, 2.05) is 30.3 Å². The zero-order valence-corrected chi connectivity index (χ0v) is 18.4. The number of nitrogens with one attached hydrogen (secondary N) is 2. The number of hydrogen-bond acceptors (Lipinski definition) is 6. The number of anilines is 1. The van der Waals surface area contributed by atoms with E-state index in [-0.39, 0.29) is 13.0 Å². The van der Waals surface area contributed by atoms with Gasteiger partial charge < -0.3 is 20.5 Å². The molecule has 0 fully saturated rings. The summed E-state index contributed by atoms with van der Waals surface area (Å²) in [5.41, 5.74) is 2.48. The Kier molecular flexibility index (Phi) is 8.20. The molecule has 0 radical (unpaired) electrons. The summed E-state index contributed by atoms with van der Waals surface area (Å²) in [7, 11) is 0. The van der Waals surface area contributed by atoms with Gasteiger partial charge in [0.05, 0.1) is 18.6 Å². The molecule has 2 aromatic rings. The zero-order valence-electron chi connectivity index (χ0n) is 17.6. The molecule has 0 unspecified atom stereocenters. The van der Waals surface area contributed by atoms with E-state index in [0.29, 0.717) is 23.5 Å². The van der Waals surface area contributed by atoms with Crippen LogP contribution in [0, 0.1) is 0 Å². The number of amides is 1. The molecule has 8 heteroatoms. The second kappa shape index (κ2) is 11.1. The molecule has 3 rings (SSSR count). The van der Waals surface area contributed by atoms with E-state index in [1.165, 1.54) is 11.3 Å². The molecule has 166 valence electrons. The maximum atomic E-state index is 12.6. The van der Waals surface area contributed by atoms with Crippen molar-refractivity contribution in [1.29, 1.82) is 0 Å². The lowest BCUT2D eigenvalue weighted by Gasteiger charge is -2.15. The molecule has 1 aromatic carbocycles. The predicted octanol–water partition coefficient (Wildman–Crippen LogP) is 3.42. The Balaban J connectivity index is 1.64. The van der Waals surface area contributed by atoms with Gasteiger partial charge in [-0.2, -0.15) is 0 Å². The van der Waals surface area contributed by atoms with Crippen LogP contribution in [-0.2, 0) is 33.6 Å². The first-order valence-electron chi connectivity index (χ1n) is 10.6. The third kappa shape index (κ3) is 6.15. The van der Waals surface area contributed by atoms with Gasteiger partial charge in [0.2, 0.25) is 5.91 Å². The molecule has 1 heterocycles. The molecule has 0 aliphatic heterocycles. The fourth-order valence-corrected chi connectivity index (χ4v) is 5.01. The molecule has 1 aliphatic rings. The minimum Gasteiger partial charge on any atom is -0.480 e. The highest BCUT2D eigenvalue weighted by atomic mass is 32.1. The molecule has 0 bridgehead atoms. The highest BCUT2D eigenvalue weighted by molar-refractivity contribution is 7.17. The molecule has 1 aliphatic carbocycles. The van der Waals surface area contributed by atoms with Crippen LogP contribution in [0.4, 0.5) is 5.00 Å². The van der Waals surface area contributed by atoms with Crippen molar-refractivity contribution >= 4 is 34.2 Å². The van der Waals surface area contributed by atoms with E-state index in [9.17, 15) is 19.5 Å². The Labute approximate surface area is 185 Å². The van der Waals surface area contributed by atoms with Crippen LogP contribution in [-0.4, -0.2) is 42.1 Å². The van der Waals surface area contributed by atoms with Crippen LogP contribution in [0.2, 0.25) is 0 Å². The lowest BCUT2D eigenvalue weighted by Crippen LogP contribution is -2.40. The summed E-state index contributed by atoms with van der Waals surface area (Å²) in [5.74, 6) is -1.96. The van der Waals surface area contributed by atoms with Gasteiger partial charge in [-0.25, -0.2) is 4.79 Å². The van der Waals surface area contributed by atoms with Crippen molar-refractivity contribution in [1.82, 2.24) is 5.32 Å². The minimum absolute atomic E-state index is 0.227. The average Bonchev–Trinajstić information content (AvgIpc) is 3.11. The summed E-state index contributed by atoms with van der Waals surface area (Å²) in [4.78, 5) is 37.9. The number of thiophene rings is 1. The number of hydrogen-bond donors (Lipinski definition) is 3. The standard InChI is InChI=1S/C23H28N2O5S/c1-2-30-23(29)20-16-10-6-7-11-18(16)31-21(20)25-19(26)14-17(22(27)28)24-13-12-15-8-4-3-5-9-15/h3-5,8-9,17,24H,2,6-7,10-14H2,1H3,(H,25,26)(H,27,28)/t17-/m0/s1. The first kappa shape index (κ1) is 23.0. The van der Waals surface area contributed by atoms with E-state index < -0.39 is 23.9 Å². The highest BCUT2D eigenvalue weighted by Crippen LogP contribution is 2.38. The van der Waals surface area contributed by atoms with Gasteiger partial charge in [-0.1, -0.05) is 30.3 Å². The van der Waals surface area contributed by atoms with Crippen molar-refractivity contribution in [3.8, 4) is 0 Å². The molecular formula is C23H28N2O5S. The van der Waals surface area contributed by atoms with Crippen molar-refractivity contribution in [2.45, 2.75) is 51.5 Å². The Morgan fingerprint density at radius 1 is 1.16 bits per heavy atom. The quantitative estimate of drug-likeness (QED) is 0.485. The lowest BCUT2D eigenvalue weighted by atomic mass is 9.95. The fourth-order valence-electron chi connectivity index (χ4n) is 3.72. The summed E-state index contributed by atoms with van der Waals surface area (Å²) >= 11 is 1.39. The van der Waals surface area contributed by atoms with Crippen molar-refractivity contribution < 1.29 is 24.2 Å². The summed E-state index contributed by atoms with van der Waals surface area (Å²) in [6.07, 6.45) is 4.15. The summed E-state index contributed by atoms with van der Waals surface area (Å²) < 4.78 is 5.20. The molecule has 0 saturated heterocycles. The largest absolute Gasteiger partial charge is 0.480 e. The Morgan fingerprint density at radius 2 is 1.90 bits per heavy atom. The van der Waals surface area contributed by atoms with Gasteiger partial charge in [0, 0.05) is 4.88 Å². The number of esters is 1.